The molecule has 1 aromatic carbocycles. The highest BCUT2D eigenvalue weighted by atomic mass is 16.5. The van der Waals surface area contributed by atoms with Gasteiger partial charge in [0.25, 0.3) is 5.91 Å². The number of ether oxygens (including phenoxy) is 1. The summed E-state index contributed by atoms with van der Waals surface area (Å²) in [5.74, 6) is 2.20. The predicted octanol–water partition coefficient (Wildman–Crippen LogP) is 3.12. The summed E-state index contributed by atoms with van der Waals surface area (Å²) in [6.45, 7) is 1.60. The Morgan fingerprint density at radius 3 is 2.19 bits per heavy atom. The summed E-state index contributed by atoms with van der Waals surface area (Å²) in [5.41, 5.74) is 0.394. The lowest BCUT2D eigenvalue weighted by Gasteiger charge is -2.56. The van der Waals surface area contributed by atoms with Gasteiger partial charge in [0.1, 0.15) is 5.75 Å². The number of urea groups is 1. The van der Waals surface area contributed by atoms with Crippen LogP contribution in [-0.2, 0) is 4.79 Å². The minimum atomic E-state index is -0.806. The molecule has 27 heavy (non-hydrogen) atoms. The zero-order valence-corrected chi connectivity index (χ0v) is 15.5. The molecule has 0 aromatic heterocycles. The molecule has 0 radical (unpaired) electrons. The second-order valence-corrected chi connectivity index (χ2v) is 8.54. The number of carbonyl (C=O) groups excluding carboxylic acids is 2. The zero-order chi connectivity index (χ0) is 19.0. The molecule has 0 heterocycles. The summed E-state index contributed by atoms with van der Waals surface area (Å²) >= 11 is 0. The molecule has 0 spiro atoms. The number of amides is 3. The van der Waals surface area contributed by atoms with Crippen molar-refractivity contribution in [3.8, 4) is 11.8 Å². The second kappa shape index (κ2) is 6.88. The highest BCUT2D eigenvalue weighted by Gasteiger charge is 2.51. The zero-order valence-electron chi connectivity index (χ0n) is 15.5. The number of hydrogen-bond donors (Lipinski definition) is 2. The van der Waals surface area contributed by atoms with Gasteiger partial charge >= 0.3 is 6.03 Å². The Kier molecular flexibility index (Phi) is 4.55. The number of imide groups is 1. The van der Waals surface area contributed by atoms with E-state index in [9.17, 15) is 9.59 Å². The van der Waals surface area contributed by atoms with Crippen LogP contribution in [0.25, 0.3) is 0 Å². The number of rotatable bonds is 4. The Morgan fingerprint density at radius 2 is 1.67 bits per heavy atom. The van der Waals surface area contributed by atoms with Crippen molar-refractivity contribution in [3.05, 3.63) is 29.8 Å². The van der Waals surface area contributed by atoms with E-state index in [1.54, 1.807) is 31.2 Å². The molecule has 4 fully saturated rings. The number of benzene rings is 1. The summed E-state index contributed by atoms with van der Waals surface area (Å²) in [6, 6.07) is 8.13. The summed E-state index contributed by atoms with van der Waals surface area (Å²) in [4.78, 5) is 24.8. The minimum Gasteiger partial charge on any atom is -0.481 e. The first kappa shape index (κ1) is 17.8. The molecule has 1 atom stereocenters. The molecule has 1 unspecified atom stereocenters. The molecular formula is C21H25N3O3. The summed E-state index contributed by atoms with van der Waals surface area (Å²) < 4.78 is 5.57. The van der Waals surface area contributed by atoms with Crippen molar-refractivity contribution < 1.29 is 14.3 Å². The van der Waals surface area contributed by atoms with Crippen LogP contribution in [0.3, 0.4) is 0 Å². The lowest BCUT2D eigenvalue weighted by atomic mass is 9.53. The van der Waals surface area contributed by atoms with E-state index in [0.717, 1.165) is 37.0 Å². The summed E-state index contributed by atoms with van der Waals surface area (Å²) in [6.07, 6.45) is 6.22. The van der Waals surface area contributed by atoms with Crippen molar-refractivity contribution in [1.29, 1.82) is 5.26 Å². The molecule has 4 saturated carbocycles. The van der Waals surface area contributed by atoms with Crippen LogP contribution in [0.15, 0.2) is 24.3 Å². The Hall–Kier alpha value is -2.55. The fourth-order valence-corrected chi connectivity index (χ4v) is 5.62. The molecule has 4 bridgehead atoms. The van der Waals surface area contributed by atoms with Crippen LogP contribution in [0.4, 0.5) is 4.79 Å². The molecule has 5 rings (SSSR count). The molecule has 4 aliphatic rings. The van der Waals surface area contributed by atoms with Crippen molar-refractivity contribution in [2.45, 2.75) is 57.1 Å². The van der Waals surface area contributed by atoms with Gasteiger partial charge in [0.15, 0.2) is 6.10 Å². The first-order valence-electron chi connectivity index (χ1n) is 9.74. The Balaban J connectivity index is 1.31. The molecule has 6 heteroatoms. The maximum Gasteiger partial charge on any atom is 0.321 e. The van der Waals surface area contributed by atoms with Gasteiger partial charge in [0.05, 0.1) is 11.6 Å². The van der Waals surface area contributed by atoms with Crippen LogP contribution in [0, 0.1) is 29.1 Å². The van der Waals surface area contributed by atoms with Crippen molar-refractivity contribution in [1.82, 2.24) is 10.6 Å². The van der Waals surface area contributed by atoms with Crippen LogP contribution >= 0.6 is 0 Å². The van der Waals surface area contributed by atoms with Crippen molar-refractivity contribution in [3.63, 3.8) is 0 Å². The average Bonchev–Trinajstić information content (AvgIpc) is 2.60. The third-order valence-corrected chi connectivity index (χ3v) is 6.32. The van der Waals surface area contributed by atoms with Crippen LogP contribution in [-0.4, -0.2) is 23.6 Å². The Morgan fingerprint density at radius 1 is 1.11 bits per heavy atom. The first-order chi connectivity index (χ1) is 12.9. The van der Waals surface area contributed by atoms with Crippen LogP contribution in [0.2, 0.25) is 0 Å². The number of nitrogens with zero attached hydrogens (tertiary/aromatic N) is 1. The number of hydrogen-bond acceptors (Lipinski definition) is 4. The second-order valence-electron chi connectivity index (χ2n) is 8.54. The van der Waals surface area contributed by atoms with E-state index in [2.05, 4.69) is 10.6 Å². The molecule has 3 amide bonds. The Bertz CT molecular complexity index is 746. The molecule has 1 aromatic rings. The smallest absolute Gasteiger partial charge is 0.321 e. The third kappa shape index (κ3) is 3.78. The quantitative estimate of drug-likeness (QED) is 0.855. The normalized spacial score (nSPS) is 31.6. The summed E-state index contributed by atoms with van der Waals surface area (Å²) in [5, 5.41) is 14.4. The number of nitriles is 1. The van der Waals surface area contributed by atoms with Gasteiger partial charge in [-0.25, -0.2) is 4.79 Å². The van der Waals surface area contributed by atoms with Crippen LogP contribution < -0.4 is 15.4 Å². The first-order valence-corrected chi connectivity index (χ1v) is 9.74. The predicted molar refractivity (Wildman–Crippen MR) is 98.8 cm³/mol. The van der Waals surface area contributed by atoms with Crippen molar-refractivity contribution in [2.75, 3.05) is 0 Å². The standard InChI is InChI=1S/C21H25N3O3/c1-13(27-18-4-2-14(12-22)3-5-18)19(25)23-20(26)24-21-9-15-6-16(10-21)8-17(7-15)11-21/h2-5,13,15-17H,6-11H2,1H3,(H2,23,24,25,26). The van der Waals surface area contributed by atoms with Gasteiger partial charge in [0.2, 0.25) is 0 Å². The highest BCUT2D eigenvalue weighted by molar-refractivity contribution is 5.96. The van der Waals surface area contributed by atoms with Crippen molar-refractivity contribution in [2.24, 2.45) is 17.8 Å². The lowest BCUT2D eigenvalue weighted by molar-refractivity contribution is -0.126. The van der Waals surface area contributed by atoms with E-state index >= 15 is 0 Å². The lowest BCUT2D eigenvalue weighted by Crippen LogP contribution is -2.62. The fraction of sp³-hybridized carbons (Fsp3) is 0.571. The molecular weight excluding hydrogens is 342 g/mol. The van der Waals surface area contributed by atoms with Crippen LogP contribution in [0.1, 0.15) is 51.0 Å². The maximum atomic E-state index is 12.4. The average molecular weight is 367 g/mol. The molecule has 4 aliphatic carbocycles. The van der Waals surface area contributed by atoms with Crippen LogP contribution in [0.5, 0.6) is 5.75 Å². The molecule has 0 saturated heterocycles. The van der Waals surface area contributed by atoms with E-state index in [0.29, 0.717) is 11.3 Å². The largest absolute Gasteiger partial charge is 0.481 e. The van der Waals surface area contributed by atoms with E-state index in [1.807, 2.05) is 6.07 Å². The van der Waals surface area contributed by atoms with Crippen molar-refractivity contribution >= 4 is 11.9 Å². The molecule has 0 aliphatic heterocycles. The SMILES string of the molecule is CC(Oc1ccc(C#N)cc1)C(=O)NC(=O)NC12CC3CC(CC(C3)C1)C2. The van der Waals surface area contributed by atoms with E-state index in [-0.39, 0.29) is 5.54 Å². The minimum absolute atomic E-state index is 0.129. The van der Waals surface area contributed by atoms with Gasteiger partial charge in [-0.2, -0.15) is 5.26 Å². The highest BCUT2D eigenvalue weighted by Crippen LogP contribution is 2.55. The monoisotopic (exact) mass is 367 g/mol. The third-order valence-electron chi connectivity index (χ3n) is 6.32. The maximum absolute atomic E-state index is 12.4. The number of nitrogens with one attached hydrogen (secondary N) is 2. The molecule has 2 N–H and O–H groups in total. The Labute approximate surface area is 159 Å². The van der Waals surface area contributed by atoms with E-state index in [1.165, 1.54) is 19.3 Å². The van der Waals surface area contributed by atoms with Gasteiger partial charge in [-0.15, -0.1) is 0 Å². The molecule has 6 nitrogen and oxygen atoms in total. The van der Waals surface area contributed by atoms with Gasteiger partial charge < -0.3 is 10.1 Å². The van der Waals surface area contributed by atoms with Gasteiger partial charge in [-0.05, 0) is 87.5 Å². The summed E-state index contributed by atoms with van der Waals surface area (Å²) in [7, 11) is 0. The fourth-order valence-electron chi connectivity index (χ4n) is 5.62. The van der Waals surface area contributed by atoms with Gasteiger partial charge in [0, 0.05) is 5.54 Å². The van der Waals surface area contributed by atoms with E-state index in [4.69, 9.17) is 10.00 Å². The van der Waals surface area contributed by atoms with E-state index < -0.39 is 18.0 Å². The topological polar surface area (TPSA) is 91.2 Å². The number of carbonyl (C=O) groups is 2. The van der Waals surface area contributed by atoms with Gasteiger partial charge in [-0.3, -0.25) is 10.1 Å². The van der Waals surface area contributed by atoms with Gasteiger partial charge in [-0.1, -0.05) is 0 Å². The molecule has 142 valence electrons.